The predicted octanol–water partition coefficient (Wildman–Crippen LogP) is 3.84. The van der Waals surface area contributed by atoms with E-state index in [2.05, 4.69) is 32.5 Å². The van der Waals surface area contributed by atoms with Crippen LogP contribution in [0.5, 0.6) is 5.75 Å². The molecule has 0 aliphatic carbocycles. The second-order valence-corrected chi connectivity index (χ2v) is 5.76. The molecule has 0 saturated carbocycles. The van der Waals surface area contributed by atoms with E-state index < -0.39 is 0 Å². The number of rotatable bonds is 4. The third-order valence-electron chi connectivity index (χ3n) is 3.21. The molecule has 114 valence electrons. The number of nitrogens with zero attached hydrogens (tertiary/aromatic N) is 1. The summed E-state index contributed by atoms with van der Waals surface area (Å²) in [6.45, 7) is 4.05. The van der Waals surface area contributed by atoms with E-state index in [4.69, 9.17) is 4.74 Å². The molecule has 0 bridgehead atoms. The fraction of sp³-hybridized carbons (Fsp3) is 0.176. The number of hydrogen-bond acceptors (Lipinski definition) is 3. The predicted molar refractivity (Wildman–Crippen MR) is 91.7 cm³/mol. The smallest absolute Gasteiger partial charge is 0.271 e. The number of benzene rings is 2. The number of carbonyl (C=O) groups excluding carboxylic acids is 1. The van der Waals surface area contributed by atoms with Gasteiger partial charge < -0.3 is 4.74 Å². The summed E-state index contributed by atoms with van der Waals surface area (Å²) in [4.78, 5) is 12.0. The van der Waals surface area contributed by atoms with Crippen LogP contribution in [0.25, 0.3) is 0 Å². The van der Waals surface area contributed by atoms with Crippen molar-refractivity contribution in [1.29, 1.82) is 0 Å². The third-order valence-corrected chi connectivity index (χ3v) is 3.83. The molecule has 1 amide bonds. The summed E-state index contributed by atoms with van der Waals surface area (Å²) in [7, 11) is 1.58. The van der Waals surface area contributed by atoms with Crippen LogP contribution in [0, 0.1) is 13.8 Å². The summed E-state index contributed by atoms with van der Waals surface area (Å²) in [5.41, 5.74) is 6.31. The average molecular weight is 361 g/mol. The summed E-state index contributed by atoms with van der Waals surface area (Å²) in [5, 5.41) is 4.01. The first-order valence-corrected chi connectivity index (χ1v) is 7.55. The molecule has 0 aromatic heterocycles. The maximum Gasteiger partial charge on any atom is 0.271 e. The standard InChI is InChI=1S/C17H17BrN2O2/c1-11-4-5-14(12(2)8-11)10-19-20-17(21)13-6-7-16(22-3)15(18)9-13/h4-10H,1-3H3,(H,20,21). The minimum atomic E-state index is -0.274. The molecule has 1 N–H and O–H groups in total. The zero-order chi connectivity index (χ0) is 16.1. The van der Waals surface area contributed by atoms with E-state index in [1.54, 1.807) is 31.5 Å². The fourth-order valence-electron chi connectivity index (χ4n) is 2.00. The highest BCUT2D eigenvalue weighted by Crippen LogP contribution is 2.25. The van der Waals surface area contributed by atoms with E-state index >= 15 is 0 Å². The number of aryl methyl sites for hydroxylation is 2. The highest BCUT2D eigenvalue weighted by molar-refractivity contribution is 9.10. The van der Waals surface area contributed by atoms with Crippen molar-refractivity contribution in [1.82, 2.24) is 5.43 Å². The first-order chi connectivity index (χ1) is 10.5. The van der Waals surface area contributed by atoms with Crippen LogP contribution in [0.4, 0.5) is 0 Å². The zero-order valence-corrected chi connectivity index (χ0v) is 14.3. The lowest BCUT2D eigenvalue weighted by Gasteiger charge is -2.05. The van der Waals surface area contributed by atoms with Crippen molar-refractivity contribution >= 4 is 28.1 Å². The Hall–Kier alpha value is -2.14. The molecule has 0 spiro atoms. The number of nitrogens with one attached hydrogen (secondary N) is 1. The van der Waals surface area contributed by atoms with Gasteiger partial charge in [-0.05, 0) is 59.1 Å². The van der Waals surface area contributed by atoms with Crippen molar-refractivity contribution in [3.63, 3.8) is 0 Å². The SMILES string of the molecule is COc1ccc(C(=O)NN=Cc2ccc(C)cc2C)cc1Br. The average Bonchev–Trinajstić information content (AvgIpc) is 2.49. The number of hydrogen-bond donors (Lipinski definition) is 1. The Balaban J connectivity index is 2.06. The van der Waals surface area contributed by atoms with Crippen molar-refractivity contribution in [2.45, 2.75) is 13.8 Å². The molecule has 2 rings (SSSR count). The number of ether oxygens (including phenoxy) is 1. The molecule has 0 radical (unpaired) electrons. The highest BCUT2D eigenvalue weighted by atomic mass is 79.9. The topological polar surface area (TPSA) is 50.7 Å². The van der Waals surface area contributed by atoms with Gasteiger partial charge in [-0.15, -0.1) is 0 Å². The molecule has 5 heteroatoms. The third kappa shape index (κ3) is 3.95. The van der Waals surface area contributed by atoms with Crippen LogP contribution in [-0.4, -0.2) is 19.2 Å². The maximum absolute atomic E-state index is 12.0. The molecular weight excluding hydrogens is 344 g/mol. The number of methoxy groups -OCH3 is 1. The van der Waals surface area contributed by atoms with Crippen molar-refractivity contribution in [3.05, 3.63) is 63.1 Å². The summed E-state index contributed by atoms with van der Waals surface area (Å²) in [6.07, 6.45) is 1.64. The van der Waals surface area contributed by atoms with Crippen LogP contribution in [0.1, 0.15) is 27.0 Å². The number of halogens is 1. The molecule has 2 aromatic carbocycles. The second-order valence-electron chi connectivity index (χ2n) is 4.91. The maximum atomic E-state index is 12.0. The zero-order valence-electron chi connectivity index (χ0n) is 12.7. The van der Waals surface area contributed by atoms with Gasteiger partial charge in [0.05, 0.1) is 17.8 Å². The molecule has 0 atom stereocenters. The van der Waals surface area contributed by atoms with E-state index in [0.717, 1.165) is 15.6 Å². The van der Waals surface area contributed by atoms with Crippen LogP contribution in [-0.2, 0) is 0 Å². The van der Waals surface area contributed by atoms with Crippen LogP contribution >= 0.6 is 15.9 Å². The number of amides is 1. The molecular formula is C17H17BrN2O2. The molecule has 0 aliphatic heterocycles. The Morgan fingerprint density at radius 2 is 2.00 bits per heavy atom. The second kappa shape index (κ2) is 7.22. The number of carbonyl (C=O) groups is 1. The Morgan fingerprint density at radius 1 is 1.23 bits per heavy atom. The van der Waals surface area contributed by atoms with Crippen molar-refractivity contribution in [3.8, 4) is 5.75 Å². The molecule has 0 heterocycles. The lowest BCUT2D eigenvalue weighted by atomic mass is 10.1. The van der Waals surface area contributed by atoms with E-state index in [9.17, 15) is 4.79 Å². The van der Waals surface area contributed by atoms with E-state index in [-0.39, 0.29) is 5.91 Å². The van der Waals surface area contributed by atoms with Crippen LogP contribution in [0.2, 0.25) is 0 Å². The van der Waals surface area contributed by atoms with Gasteiger partial charge >= 0.3 is 0 Å². The monoisotopic (exact) mass is 360 g/mol. The van der Waals surface area contributed by atoms with Gasteiger partial charge in [0.25, 0.3) is 5.91 Å². The highest BCUT2D eigenvalue weighted by Gasteiger charge is 2.07. The quantitative estimate of drug-likeness (QED) is 0.665. The molecule has 0 aliphatic rings. The summed E-state index contributed by atoms with van der Waals surface area (Å²) in [5.74, 6) is 0.402. The molecule has 0 fully saturated rings. The van der Waals surface area contributed by atoms with Crippen LogP contribution < -0.4 is 10.2 Å². The Kier molecular flexibility index (Phi) is 5.33. The van der Waals surface area contributed by atoms with Crippen LogP contribution in [0.15, 0.2) is 46.0 Å². The van der Waals surface area contributed by atoms with Crippen molar-refractivity contribution in [2.24, 2.45) is 5.10 Å². The minimum absolute atomic E-state index is 0.274. The van der Waals surface area contributed by atoms with Gasteiger partial charge in [-0.2, -0.15) is 5.10 Å². The number of hydrazone groups is 1. The molecule has 22 heavy (non-hydrogen) atoms. The lowest BCUT2D eigenvalue weighted by molar-refractivity contribution is 0.0955. The first kappa shape index (κ1) is 16.2. The van der Waals surface area contributed by atoms with Gasteiger partial charge in [0.15, 0.2) is 0 Å². The van der Waals surface area contributed by atoms with Gasteiger partial charge in [-0.1, -0.05) is 23.8 Å². The van der Waals surface area contributed by atoms with Gasteiger partial charge in [0.1, 0.15) is 5.75 Å². The lowest BCUT2D eigenvalue weighted by Crippen LogP contribution is -2.17. The summed E-state index contributed by atoms with van der Waals surface area (Å²) in [6, 6.07) is 11.2. The minimum Gasteiger partial charge on any atom is -0.496 e. The van der Waals surface area contributed by atoms with Crippen molar-refractivity contribution in [2.75, 3.05) is 7.11 Å². The Labute approximate surface area is 138 Å². The molecule has 2 aromatic rings. The fourth-order valence-corrected chi connectivity index (χ4v) is 2.54. The van der Waals surface area contributed by atoms with Gasteiger partial charge in [-0.25, -0.2) is 5.43 Å². The van der Waals surface area contributed by atoms with Gasteiger partial charge in [0.2, 0.25) is 0 Å². The molecule has 0 unspecified atom stereocenters. The molecule has 4 nitrogen and oxygen atoms in total. The Morgan fingerprint density at radius 3 is 2.64 bits per heavy atom. The van der Waals surface area contributed by atoms with E-state index in [1.165, 1.54) is 5.56 Å². The largest absolute Gasteiger partial charge is 0.496 e. The molecule has 0 saturated heterocycles. The normalized spacial score (nSPS) is 10.7. The van der Waals surface area contributed by atoms with Gasteiger partial charge in [-0.3, -0.25) is 4.79 Å². The summed E-state index contributed by atoms with van der Waals surface area (Å²) >= 11 is 3.35. The Bertz CT molecular complexity index is 727. The van der Waals surface area contributed by atoms with Crippen molar-refractivity contribution < 1.29 is 9.53 Å². The van der Waals surface area contributed by atoms with E-state index in [0.29, 0.717) is 11.3 Å². The van der Waals surface area contributed by atoms with Crippen LogP contribution in [0.3, 0.4) is 0 Å². The van der Waals surface area contributed by atoms with E-state index in [1.807, 2.05) is 26.0 Å². The van der Waals surface area contributed by atoms with Gasteiger partial charge in [0, 0.05) is 5.56 Å². The summed E-state index contributed by atoms with van der Waals surface area (Å²) < 4.78 is 5.86. The first-order valence-electron chi connectivity index (χ1n) is 6.75.